The van der Waals surface area contributed by atoms with Crippen LogP contribution in [0.25, 0.3) is 0 Å². The molecule has 0 spiro atoms. The Bertz CT molecular complexity index is 281. The van der Waals surface area contributed by atoms with Crippen molar-refractivity contribution in [3.8, 4) is 0 Å². The SMILES string of the molecule is CC1CCCC(N)(C(=O)NCCCCOC(C)C)C1. The van der Waals surface area contributed by atoms with Gasteiger partial charge < -0.3 is 15.8 Å². The van der Waals surface area contributed by atoms with E-state index in [4.69, 9.17) is 10.5 Å². The summed E-state index contributed by atoms with van der Waals surface area (Å²) in [6.07, 6.45) is 6.10. The molecule has 3 N–H and O–H groups in total. The van der Waals surface area contributed by atoms with Crippen LogP contribution in [0.5, 0.6) is 0 Å². The summed E-state index contributed by atoms with van der Waals surface area (Å²) in [4.78, 5) is 12.1. The van der Waals surface area contributed by atoms with Gasteiger partial charge in [0.2, 0.25) is 5.91 Å². The molecule has 0 aromatic rings. The molecule has 1 fully saturated rings. The minimum absolute atomic E-state index is 0.0313. The second-order valence-corrected chi connectivity index (χ2v) is 6.24. The van der Waals surface area contributed by atoms with Crippen molar-refractivity contribution in [2.24, 2.45) is 11.7 Å². The van der Waals surface area contributed by atoms with Crippen LogP contribution in [-0.4, -0.2) is 30.7 Å². The molecule has 4 heteroatoms. The average molecular weight is 270 g/mol. The van der Waals surface area contributed by atoms with Gasteiger partial charge in [-0.3, -0.25) is 4.79 Å². The van der Waals surface area contributed by atoms with E-state index >= 15 is 0 Å². The maximum absolute atomic E-state index is 12.1. The highest BCUT2D eigenvalue weighted by Gasteiger charge is 2.37. The van der Waals surface area contributed by atoms with Gasteiger partial charge in [-0.05, 0) is 45.4 Å². The number of ether oxygens (including phenoxy) is 1. The fraction of sp³-hybridized carbons (Fsp3) is 0.933. The van der Waals surface area contributed by atoms with Crippen molar-refractivity contribution >= 4 is 5.91 Å². The third-order valence-corrected chi connectivity index (χ3v) is 3.79. The maximum atomic E-state index is 12.1. The molecule has 2 unspecified atom stereocenters. The van der Waals surface area contributed by atoms with E-state index in [2.05, 4.69) is 12.2 Å². The van der Waals surface area contributed by atoms with E-state index in [9.17, 15) is 4.79 Å². The average Bonchev–Trinajstić information content (AvgIpc) is 2.32. The number of rotatable bonds is 7. The molecule has 0 aliphatic heterocycles. The lowest BCUT2D eigenvalue weighted by atomic mass is 9.76. The maximum Gasteiger partial charge on any atom is 0.240 e. The highest BCUT2D eigenvalue weighted by atomic mass is 16.5. The van der Waals surface area contributed by atoms with Gasteiger partial charge in [0, 0.05) is 13.2 Å². The van der Waals surface area contributed by atoms with Crippen LogP contribution in [0.4, 0.5) is 0 Å². The Morgan fingerprint density at radius 1 is 1.47 bits per heavy atom. The summed E-state index contributed by atoms with van der Waals surface area (Å²) in [5.74, 6) is 0.591. The summed E-state index contributed by atoms with van der Waals surface area (Å²) in [7, 11) is 0. The van der Waals surface area contributed by atoms with Gasteiger partial charge in [0.25, 0.3) is 0 Å². The van der Waals surface area contributed by atoms with Crippen LogP contribution >= 0.6 is 0 Å². The highest BCUT2D eigenvalue weighted by molar-refractivity contribution is 5.86. The Balaban J connectivity index is 2.16. The fourth-order valence-electron chi connectivity index (χ4n) is 2.72. The van der Waals surface area contributed by atoms with Crippen molar-refractivity contribution in [2.45, 2.75) is 70.9 Å². The first kappa shape index (κ1) is 16.4. The van der Waals surface area contributed by atoms with E-state index in [1.165, 1.54) is 6.42 Å². The topological polar surface area (TPSA) is 64.4 Å². The third-order valence-electron chi connectivity index (χ3n) is 3.79. The van der Waals surface area contributed by atoms with E-state index in [-0.39, 0.29) is 12.0 Å². The monoisotopic (exact) mass is 270 g/mol. The van der Waals surface area contributed by atoms with Crippen LogP contribution in [-0.2, 0) is 9.53 Å². The number of nitrogens with one attached hydrogen (secondary N) is 1. The zero-order valence-electron chi connectivity index (χ0n) is 12.7. The first-order chi connectivity index (χ1) is 8.94. The third kappa shape index (κ3) is 5.91. The molecule has 1 aliphatic rings. The normalized spacial score (nSPS) is 27.5. The second-order valence-electron chi connectivity index (χ2n) is 6.24. The van der Waals surface area contributed by atoms with Gasteiger partial charge >= 0.3 is 0 Å². The van der Waals surface area contributed by atoms with Crippen LogP contribution in [0.1, 0.15) is 59.3 Å². The number of hydrogen-bond donors (Lipinski definition) is 2. The van der Waals surface area contributed by atoms with Crippen molar-refractivity contribution in [1.82, 2.24) is 5.32 Å². The largest absolute Gasteiger partial charge is 0.379 e. The summed E-state index contributed by atoms with van der Waals surface area (Å²) in [6, 6.07) is 0. The van der Waals surface area contributed by atoms with Crippen molar-refractivity contribution in [3.63, 3.8) is 0 Å². The summed E-state index contributed by atoms with van der Waals surface area (Å²) in [5, 5.41) is 2.98. The van der Waals surface area contributed by atoms with Gasteiger partial charge in [-0.2, -0.15) is 0 Å². The zero-order chi connectivity index (χ0) is 14.3. The Morgan fingerprint density at radius 3 is 2.84 bits per heavy atom. The summed E-state index contributed by atoms with van der Waals surface area (Å²) >= 11 is 0. The molecule has 1 rings (SSSR count). The summed E-state index contributed by atoms with van der Waals surface area (Å²) < 4.78 is 5.46. The van der Waals surface area contributed by atoms with Gasteiger partial charge in [-0.1, -0.05) is 19.8 Å². The van der Waals surface area contributed by atoms with Crippen molar-refractivity contribution in [2.75, 3.05) is 13.2 Å². The first-order valence-corrected chi connectivity index (χ1v) is 7.63. The number of carbonyl (C=O) groups is 1. The number of amides is 1. The minimum Gasteiger partial charge on any atom is -0.379 e. The molecule has 0 bridgehead atoms. The molecule has 4 nitrogen and oxygen atoms in total. The van der Waals surface area contributed by atoms with Crippen LogP contribution in [0.3, 0.4) is 0 Å². The smallest absolute Gasteiger partial charge is 0.240 e. The lowest BCUT2D eigenvalue weighted by Crippen LogP contribution is -2.56. The fourth-order valence-corrected chi connectivity index (χ4v) is 2.72. The van der Waals surface area contributed by atoms with Gasteiger partial charge in [0.15, 0.2) is 0 Å². The van der Waals surface area contributed by atoms with E-state index in [0.29, 0.717) is 12.5 Å². The Morgan fingerprint density at radius 2 is 2.21 bits per heavy atom. The molecular formula is C15H30N2O2. The second kappa shape index (κ2) is 7.85. The molecule has 1 saturated carbocycles. The lowest BCUT2D eigenvalue weighted by Gasteiger charge is -2.35. The molecule has 112 valence electrons. The molecule has 0 aromatic heterocycles. The number of unbranched alkanes of at least 4 members (excludes halogenated alkanes) is 1. The molecule has 0 aromatic carbocycles. The minimum atomic E-state index is -0.633. The van der Waals surface area contributed by atoms with Crippen LogP contribution in [0.2, 0.25) is 0 Å². The summed E-state index contributed by atoms with van der Waals surface area (Å²) in [6.45, 7) is 7.71. The molecule has 0 radical (unpaired) electrons. The van der Waals surface area contributed by atoms with Crippen molar-refractivity contribution < 1.29 is 9.53 Å². The predicted molar refractivity (Wildman–Crippen MR) is 77.9 cm³/mol. The number of carbonyl (C=O) groups excluding carboxylic acids is 1. The van der Waals surface area contributed by atoms with E-state index in [1.807, 2.05) is 13.8 Å². The lowest BCUT2D eigenvalue weighted by molar-refractivity contribution is -0.128. The van der Waals surface area contributed by atoms with Gasteiger partial charge in [0.05, 0.1) is 11.6 Å². The molecule has 1 amide bonds. The predicted octanol–water partition coefficient (Wildman–Crippen LogP) is 2.22. The Kier molecular flexibility index (Phi) is 6.80. The standard InChI is InChI=1S/C15H30N2O2/c1-12(2)19-10-5-4-9-17-14(18)15(16)8-6-7-13(3)11-15/h12-13H,4-11,16H2,1-3H3,(H,17,18). The van der Waals surface area contributed by atoms with Crippen LogP contribution in [0.15, 0.2) is 0 Å². The molecule has 1 aliphatic carbocycles. The number of nitrogens with two attached hydrogens (primary N) is 1. The highest BCUT2D eigenvalue weighted by Crippen LogP contribution is 2.30. The van der Waals surface area contributed by atoms with Gasteiger partial charge in [-0.15, -0.1) is 0 Å². The van der Waals surface area contributed by atoms with Gasteiger partial charge in [-0.25, -0.2) is 0 Å². The van der Waals surface area contributed by atoms with Gasteiger partial charge in [0.1, 0.15) is 0 Å². The van der Waals surface area contributed by atoms with E-state index in [0.717, 1.165) is 38.7 Å². The van der Waals surface area contributed by atoms with Crippen LogP contribution < -0.4 is 11.1 Å². The Hall–Kier alpha value is -0.610. The van der Waals surface area contributed by atoms with Crippen molar-refractivity contribution in [1.29, 1.82) is 0 Å². The van der Waals surface area contributed by atoms with E-state index in [1.54, 1.807) is 0 Å². The van der Waals surface area contributed by atoms with Crippen molar-refractivity contribution in [3.05, 3.63) is 0 Å². The first-order valence-electron chi connectivity index (χ1n) is 7.63. The molecule has 19 heavy (non-hydrogen) atoms. The van der Waals surface area contributed by atoms with E-state index < -0.39 is 5.54 Å². The molecule has 0 saturated heterocycles. The zero-order valence-corrected chi connectivity index (χ0v) is 12.7. The molecule has 2 atom stereocenters. The summed E-state index contributed by atoms with van der Waals surface area (Å²) in [5.41, 5.74) is 5.60. The number of hydrogen-bond acceptors (Lipinski definition) is 3. The molecule has 0 heterocycles. The molecular weight excluding hydrogens is 240 g/mol. The Labute approximate surface area is 117 Å². The van der Waals surface area contributed by atoms with Crippen LogP contribution in [0, 0.1) is 5.92 Å². The quantitative estimate of drug-likeness (QED) is 0.697.